The lowest BCUT2D eigenvalue weighted by molar-refractivity contribution is -0.381. The fourth-order valence-electron chi connectivity index (χ4n) is 2.54. The summed E-state index contributed by atoms with van der Waals surface area (Å²) in [5.41, 5.74) is 0.787. The van der Waals surface area contributed by atoms with E-state index in [1.807, 2.05) is 12.1 Å². The summed E-state index contributed by atoms with van der Waals surface area (Å²) in [7, 11) is 4.85. The smallest absolute Gasteiger partial charge is 0.395 e. The van der Waals surface area contributed by atoms with Crippen LogP contribution in [0.25, 0.3) is 10.9 Å². The minimum absolute atomic E-state index is 0. The van der Waals surface area contributed by atoms with E-state index in [-0.39, 0.29) is 7.43 Å². The number of ether oxygens (including phenoxy) is 4. The number of rotatable bonds is 4. The highest BCUT2D eigenvalue weighted by Gasteiger charge is 2.24. The molecule has 0 atom stereocenters. The average molecular weight is 322 g/mol. The first-order valence-electron chi connectivity index (χ1n) is 7.12. The third-order valence-electron chi connectivity index (χ3n) is 3.71. The highest BCUT2D eigenvalue weighted by Crippen LogP contribution is 2.34. The number of nitrogens with zero attached hydrogens (tertiary/aromatic N) is 2. The number of methoxy groups -OCH3 is 3. The quantitative estimate of drug-likeness (QED) is 0.851. The maximum absolute atomic E-state index is 5.48. The molecule has 2 aromatic rings. The van der Waals surface area contributed by atoms with E-state index in [1.54, 1.807) is 21.3 Å². The molecular formula is C16H24N3O4+. The summed E-state index contributed by atoms with van der Waals surface area (Å²) in [6.07, 6.45) is 0. The Hall–Kier alpha value is -2.28. The fraction of sp³-hybridized carbons (Fsp3) is 0.500. The molecule has 3 rings (SSSR count). The number of hydrogen-bond donors (Lipinski definition) is 0. The molecule has 0 radical (unpaired) electrons. The second-order valence-electron chi connectivity index (χ2n) is 4.92. The van der Waals surface area contributed by atoms with Crippen molar-refractivity contribution >= 4 is 16.9 Å². The highest BCUT2D eigenvalue weighted by atomic mass is 16.5. The van der Waals surface area contributed by atoms with Gasteiger partial charge >= 0.3 is 5.95 Å². The van der Waals surface area contributed by atoms with E-state index in [9.17, 15) is 0 Å². The van der Waals surface area contributed by atoms with Gasteiger partial charge in [-0.25, -0.2) is 4.98 Å². The predicted molar refractivity (Wildman–Crippen MR) is 87.7 cm³/mol. The Morgan fingerprint density at radius 3 is 2.30 bits per heavy atom. The normalized spacial score (nSPS) is 14.3. The Labute approximate surface area is 136 Å². The van der Waals surface area contributed by atoms with E-state index in [1.165, 1.54) is 0 Å². The summed E-state index contributed by atoms with van der Waals surface area (Å²) in [5.74, 6) is 2.69. The van der Waals surface area contributed by atoms with Crippen molar-refractivity contribution in [3.8, 4) is 17.4 Å². The molecule has 1 N–H and O–H groups in total. The Kier molecular flexibility index (Phi) is 5.44. The molecule has 0 saturated carbocycles. The maximum Gasteiger partial charge on any atom is 0.395 e. The molecule has 1 aliphatic rings. The van der Waals surface area contributed by atoms with E-state index in [0.717, 1.165) is 29.9 Å². The lowest BCUT2D eigenvalue weighted by Crippen LogP contribution is -2.40. The lowest BCUT2D eigenvalue weighted by atomic mass is 10.2. The van der Waals surface area contributed by atoms with Gasteiger partial charge in [-0.1, -0.05) is 12.4 Å². The molecule has 0 bridgehead atoms. The average Bonchev–Trinajstić information content (AvgIpc) is 2.60. The number of hydrogen-bond acceptors (Lipinski definition) is 6. The Morgan fingerprint density at radius 1 is 1.04 bits per heavy atom. The predicted octanol–water partition coefficient (Wildman–Crippen LogP) is 1.55. The lowest BCUT2D eigenvalue weighted by Gasteiger charge is -2.21. The van der Waals surface area contributed by atoms with E-state index < -0.39 is 0 Å². The zero-order valence-corrected chi connectivity index (χ0v) is 13.0. The molecular weight excluding hydrogens is 298 g/mol. The zero-order chi connectivity index (χ0) is 15.5. The number of anilines is 1. The van der Waals surface area contributed by atoms with Crippen LogP contribution in [0.5, 0.6) is 17.4 Å². The summed E-state index contributed by atoms with van der Waals surface area (Å²) in [4.78, 5) is 10.1. The highest BCUT2D eigenvalue weighted by molar-refractivity contribution is 5.86. The third-order valence-corrected chi connectivity index (χ3v) is 3.71. The van der Waals surface area contributed by atoms with E-state index >= 15 is 0 Å². The molecule has 1 aliphatic heterocycles. The van der Waals surface area contributed by atoms with Crippen LogP contribution in [0.15, 0.2) is 12.1 Å². The standard InChI is InChI=1S/C15H19N3O4.CH4/c1-19-12-8-10-11(9-13(12)20-2)16-15(17-14(10)21-3)18-4-6-22-7-5-18;/h8-9H,4-7H2,1-3H3;1H4/p+1. The zero-order valence-electron chi connectivity index (χ0n) is 13.0. The van der Waals surface area contributed by atoms with Crippen LogP contribution >= 0.6 is 0 Å². The van der Waals surface area contributed by atoms with Gasteiger partial charge < -0.3 is 18.9 Å². The summed E-state index contributed by atoms with van der Waals surface area (Å²) < 4.78 is 21.6. The van der Waals surface area contributed by atoms with Gasteiger partial charge in [-0.3, -0.25) is 4.90 Å². The first-order valence-corrected chi connectivity index (χ1v) is 7.12. The van der Waals surface area contributed by atoms with Crippen LogP contribution in [-0.4, -0.2) is 52.6 Å². The summed E-state index contributed by atoms with van der Waals surface area (Å²) in [6.45, 7) is 2.99. The molecule has 0 amide bonds. The Balaban J connectivity index is 0.00000192. The number of H-pyrrole nitrogens is 1. The molecule has 1 fully saturated rings. The van der Waals surface area contributed by atoms with Crippen molar-refractivity contribution < 1.29 is 23.9 Å². The second-order valence-corrected chi connectivity index (χ2v) is 4.92. The van der Waals surface area contributed by atoms with Crippen molar-refractivity contribution in [2.75, 3.05) is 52.5 Å². The van der Waals surface area contributed by atoms with Gasteiger partial charge in [0.1, 0.15) is 0 Å². The number of aromatic amines is 1. The van der Waals surface area contributed by atoms with Crippen LogP contribution < -0.4 is 24.1 Å². The van der Waals surface area contributed by atoms with E-state index in [0.29, 0.717) is 30.6 Å². The van der Waals surface area contributed by atoms with Crippen molar-refractivity contribution in [3.63, 3.8) is 0 Å². The summed E-state index contributed by atoms with van der Waals surface area (Å²) in [5, 5.41) is 0.845. The van der Waals surface area contributed by atoms with Gasteiger partial charge in [-0.05, 0) is 0 Å². The first kappa shape index (κ1) is 17.1. The van der Waals surface area contributed by atoms with Gasteiger partial charge in [0.25, 0.3) is 5.88 Å². The number of benzene rings is 1. The fourth-order valence-corrected chi connectivity index (χ4v) is 2.54. The van der Waals surface area contributed by atoms with Crippen molar-refractivity contribution in [1.29, 1.82) is 0 Å². The first-order chi connectivity index (χ1) is 10.8. The number of morpholine rings is 1. The molecule has 126 valence electrons. The largest absolute Gasteiger partial charge is 0.493 e. The van der Waals surface area contributed by atoms with Crippen LogP contribution in [0.3, 0.4) is 0 Å². The molecule has 7 heteroatoms. The van der Waals surface area contributed by atoms with E-state index in [4.69, 9.17) is 23.9 Å². The monoisotopic (exact) mass is 322 g/mol. The number of nitrogens with one attached hydrogen (secondary N) is 1. The summed E-state index contributed by atoms with van der Waals surface area (Å²) in [6, 6.07) is 3.72. The third kappa shape index (κ3) is 3.24. The van der Waals surface area contributed by atoms with Gasteiger partial charge in [0, 0.05) is 12.1 Å². The molecule has 2 heterocycles. The van der Waals surface area contributed by atoms with Crippen molar-refractivity contribution in [2.24, 2.45) is 0 Å². The van der Waals surface area contributed by atoms with Crippen LogP contribution in [0.4, 0.5) is 5.95 Å². The minimum Gasteiger partial charge on any atom is -0.493 e. The van der Waals surface area contributed by atoms with Crippen LogP contribution in [0.2, 0.25) is 0 Å². The van der Waals surface area contributed by atoms with Crippen molar-refractivity contribution in [2.45, 2.75) is 7.43 Å². The van der Waals surface area contributed by atoms with Crippen LogP contribution in [0, 0.1) is 0 Å². The topological polar surface area (TPSA) is 67.2 Å². The molecule has 23 heavy (non-hydrogen) atoms. The summed E-state index contributed by atoms with van der Waals surface area (Å²) >= 11 is 0. The maximum atomic E-state index is 5.48. The van der Waals surface area contributed by atoms with E-state index in [2.05, 4.69) is 9.88 Å². The molecule has 0 spiro atoms. The number of aromatic nitrogens is 2. The second kappa shape index (κ2) is 7.32. The van der Waals surface area contributed by atoms with Gasteiger partial charge in [0.05, 0.1) is 53.0 Å². The molecule has 1 aromatic heterocycles. The van der Waals surface area contributed by atoms with Gasteiger partial charge in [0.15, 0.2) is 17.0 Å². The minimum atomic E-state index is 0. The molecule has 7 nitrogen and oxygen atoms in total. The van der Waals surface area contributed by atoms with Gasteiger partial charge in [-0.15, -0.1) is 0 Å². The van der Waals surface area contributed by atoms with Crippen LogP contribution in [-0.2, 0) is 4.74 Å². The molecule has 1 aromatic carbocycles. The van der Waals surface area contributed by atoms with Crippen molar-refractivity contribution in [3.05, 3.63) is 12.1 Å². The number of fused-ring (bicyclic) bond motifs is 1. The molecule has 0 unspecified atom stereocenters. The molecule has 1 saturated heterocycles. The van der Waals surface area contributed by atoms with Gasteiger partial charge in [0.2, 0.25) is 0 Å². The van der Waals surface area contributed by atoms with Gasteiger partial charge in [-0.2, -0.15) is 0 Å². The Morgan fingerprint density at radius 2 is 1.70 bits per heavy atom. The SMILES string of the molecule is C.COc1cc2nc(N3CCOCC3)[nH+]c(OC)c2cc1OC. The molecule has 0 aliphatic carbocycles. The van der Waals surface area contributed by atoms with Crippen LogP contribution in [0.1, 0.15) is 7.43 Å². The van der Waals surface area contributed by atoms with Crippen molar-refractivity contribution in [1.82, 2.24) is 4.98 Å². The Bertz CT molecular complexity index is 672.